The maximum atomic E-state index is 10.6. The number of carboxylic acids is 1. The van der Waals surface area contributed by atoms with Gasteiger partial charge < -0.3 is 20.1 Å². The van der Waals surface area contributed by atoms with Crippen LogP contribution in [0.25, 0.3) is 11.1 Å². The van der Waals surface area contributed by atoms with Crippen molar-refractivity contribution >= 4 is 5.97 Å². The fraction of sp³-hybridized carbons (Fsp3) is 0.269. The third kappa shape index (κ3) is 12.2. The van der Waals surface area contributed by atoms with Gasteiger partial charge in [0.25, 0.3) is 0 Å². The number of aliphatic carboxylic acids is 1. The van der Waals surface area contributed by atoms with Crippen LogP contribution in [0.4, 0.5) is 0 Å². The molecule has 1 atom stereocenters. The molecule has 3 rings (SSSR count). The van der Waals surface area contributed by atoms with E-state index in [0.717, 1.165) is 23.8 Å². The lowest BCUT2D eigenvalue weighted by atomic mass is 10.1. The van der Waals surface area contributed by atoms with Crippen molar-refractivity contribution in [1.29, 1.82) is 0 Å². The largest absolute Gasteiger partial charge is 0.508 e. The molecule has 0 amide bonds. The predicted molar refractivity (Wildman–Crippen MR) is 126 cm³/mol. The molecule has 0 spiro atoms. The first-order valence-electron chi connectivity index (χ1n) is 10.1. The van der Waals surface area contributed by atoms with Gasteiger partial charge in [-0.05, 0) is 28.8 Å². The summed E-state index contributed by atoms with van der Waals surface area (Å²) in [6.07, 6.45) is 0.912. The Labute approximate surface area is 185 Å². The highest BCUT2D eigenvalue weighted by atomic mass is 16.5. The molecule has 0 aliphatic rings. The van der Waals surface area contributed by atoms with Gasteiger partial charge in [0, 0.05) is 20.6 Å². The molecule has 3 N–H and O–H groups in total. The van der Waals surface area contributed by atoms with Gasteiger partial charge in [-0.3, -0.25) is 0 Å². The number of ether oxygens (including phenoxy) is 1. The molecule has 0 saturated heterocycles. The van der Waals surface area contributed by atoms with Crippen LogP contribution in [0.15, 0.2) is 84.9 Å². The van der Waals surface area contributed by atoms with Gasteiger partial charge in [0.2, 0.25) is 0 Å². The second-order valence-corrected chi connectivity index (χ2v) is 6.38. The van der Waals surface area contributed by atoms with E-state index >= 15 is 0 Å². The second-order valence-electron chi connectivity index (χ2n) is 6.38. The minimum Gasteiger partial charge on any atom is -0.508 e. The van der Waals surface area contributed by atoms with Crippen LogP contribution >= 0.6 is 0 Å². The number of aliphatic hydroxyl groups is 1. The van der Waals surface area contributed by atoms with Crippen molar-refractivity contribution in [2.75, 3.05) is 14.2 Å². The Morgan fingerprint density at radius 1 is 0.839 bits per heavy atom. The first-order valence-corrected chi connectivity index (χ1v) is 10.1. The van der Waals surface area contributed by atoms with Crippen LogP contribution in [0, 0.1) is 0 Å². The van der Waals surface area contributed by atoms with Gasteiger partial charge >= 0.3 is 5.97 Å². The summed E-state index contributed by atoms with van der Waals surface area (Å²) >= 11 is 0. The molecule has 31 heavy (non-hydrogen) atoms. The van der Waals surface area contributed by atoms with Crippen LogP contribution in [0.3, 0.4) is 0 Å². The molecule has 0 aliphatic heterocycles. The summed E-state index contributed by atoms with van der Waals surface area (Å²) < 4.78 is 4.82. The van der Waals surface area contributed by atoms with Gasteiger partial charge in [0.15, 0.2) is 6.10 Å². The fourth-order valence-corrected chi connectivity index (χ4v) is 2.42. The molecule has 5 heteroatoms. The Kier molecular flexibility index (Phi) is 15.9. The molecule has 168 valence electrons. The van der Waals surface area contributed by atoms with Crippen molar-refractivity contribution in [3.05, 3.63) is 90.5 Å². The summed E-state index contributed by atoms with van der Waals surface area (Å²) in [5, 5.41) is 25.0. The molecule has 0 saturated carbocycles. The van der Waals surface area contributed by atoms with Crippen molar-refractivity contribution in [1.82, 2.24) is 0 Å². The summed E-state index contributed by atoms with van der Waals surface area (Å²) in [4.78, 5) is 10.6. The van der Waals surface area contributed by atoms with Crippen LogP contribution < -0.4 is 0 Å². The molecular formula is C26H34O5. The molecule has 0 aromatic heterocycles. The molecule has 5 nitrogen and oxygen atoms in total. The number of phenols is 1. The third-order valence-corrected chi connectivity index (χ3v) is 3.78. The predicted octanol–water partition coefficient (Wildman–Crippen LogP) is 5.41. The summed E-state index contributed by atoms with van der Waals surface area (Å²) in [6, 6.07) is 26.7. The Morgan fingerprint density at radius 2 is 1.32 bits per heavy atom. The van der Waals surface area contributed by atoms with Crippen LogP contribution in [0.2, 0.25) is 0 Å². The second kappa shape index (κ2) is 17.7. The van der Waals surface area contributed by atoms with Crippen molar-refractivity contribution in [2.24, 2.45) is 0 Å². The zero-order chi connectivity index (χ0) is 23.5. The van der Waals surface area contributed by atoms with E-state index in [-0.39, 0.29) is 0 Å². The molecule has 0 radical (unpaired) electrons. The molecule has 3 aromatic rings. The van der Waals surface area contributed by atoms with E-state index in [1.165, 1.54) is 13.5 Å². The van der Waals surface area contributed by atoms with Crippen molar-refractivity contribution in [3.63, 3.8) is 0 Å². The number of benzene rings is 3. The highest BCUT2D eigenvalue weighted by molar-refractivity contribution is 5.72. The average Bonchev–Trinajstić information content (AvgIpc) is 2.81. The lowest BCUT2D eigenvalue weighted by molar-refractivity contribution is -0.148. The first kappa shape index (κ1) is 27.8. The monoisotopic (exact) mass is 426 g/mol. The van der Waals surface area contributed by atoms with E-state index in [4.69, 9.17) is 14.9 Å². The SMILES string of the molecule is CCC.CO.COC(Cc1ccccc1)C(=O)O.Oc1cccc(-c2ccccc2)c1. The zero-order valence-electron chi connectivity index (χ0n) is 18.7. The van der Waals surface area contributed by atoms with Crippen molar-refractivity contribution < 1.29 is 24.9 Å². The third-order valence-electron chi connectivity index (χ3n) is 3.78. The lowest BCUT2D eigenvalue weighted by Gasteiger charge is -2.09. The summed E-state index contributed by atoms with van der Waals surface area (Å²) in [5.41, 5.74) is 3.13. The summed E-state index contributed by atoms with van der Waals surface area (Å²) in [5.74, 6) is -0.618. The number of aliphatic hydroxyl groups excluding tert-OH is 1. The van der Waals surface area contributed by atoms with E-state index in [1.807, 2.05) is 72.8 Å². The number of hydrogen-bond acceptors (Lipinski definition) is 4. The van der Waals surface area contributed by atoms with E-state index < -0.39 is 12.1 Å². The number of rotatable bonds is 5. The summed E-state index contributed by atoms with van der Waals surface area (Å²) in [7, 11) is 2.40. The standard InChI is InChI=1S/C12H10O.C10H12O3.C3H8.CH4O/c13-12-8-4-7-11(9-12)10-5-2-1-3-6-10;1-13-9(10(11)12)7-8-5-3-2-4-6-8;1-3-2;1-2/h1-9,13H;2-6,9H,7H2,1H3,(H,11,12);3H2,1-2H3;2H,1H3. The highest BCUT2D eigenvalue weighted by Crippen LogP contribution is 2.22. The van der Waals surface area contributed by atoms with Gasteiger partial charge in [-0.2, -0.15) is 0 Å². The first-order chi connectivity index (χ1) is 15.0. The number of methoxy groups -OCH3 is 1. The molecule has 3 aromatic carbocycles. The molecule has 0 heterocycles. The Morgan fingerprint density at radius 3 is 1.77 bits per heavy atom. The van der Waals surface area contributed by atoms with Crippen molar-refractivity contribution in [3.8, 4) is 16.9 Å². The molecule has 0 fully saturated rings. The minimum atomic E-state index is -0.925. The van der Waals surface area contributed by atoms with Gasteiger partial charge in [0.1, 0.15) is 5.75 Å². The normalized spacial score (nSPS) is 10.1. The van der Waals surface area contributed by atoms with Crippen LogP contribution in [-0.2, 0) is 16.0 Å². The van der Waals surface area contributed by atoms with Gasteiger partial charge in [0.05, 0.1) is 0 Å². The maximum absolute atomic E-state index is 10.6. The van der Waals surface area contributed by atoms with Crippen LogP contribution in [0.1, 0.15) is 25.8 Å². The Bertz CT molecular complexity index is 819. The average molecular weight is 427 g/mol. The summed E-state index contributed by atoms with van der Waals surface area (Å²) in [6.45, 7) is 4.25. The van der Waals surface area contributed by atoms with E-state index in [9.17, 15) is 9.90 Å². The van der Waals surface area contributed by atoms with Gasteiger partial charge in [-0.1, -0.05) is 93.1 Å². The fourth-order valence-electron chi connectivity index (χ4n) is 2.42. The zero-order valence-corrected chi connectivity index (χ0v) is 18.7. The van der Waals surface area contributed by atoms with E-state index in [0.29, 0.717) is 12.2 Å². The number of carbonyl (C=O) groups is 1. The number of hydrogen-bond donors (Lipinski definition) is 3. The Balaban J connectivity index is 0.000000482. The van der Waals surface area contributed by atoms with Crippen LogP contribution in [-0.4, -0.2) is 41.6 Å². The maximum Gasteiger partial charge on any atom is 0.333 e. The quantitative estimate of drug-likeness (QED) is 0.508. The van der Waals surface area contributed by atoms with Crippen molar-refractivity contribution in [2.45, 2.75) is 32.8 Å². The molecule has 0 bridgehead atoms. The lowest BCUT2D eigenvalue weighted by Crippen LogP contribution is -2.24. The van der Waals surface area contributed by atoms with Crippen LogP contribution in [0.5, 0.6) is 5.75 Å². The molecule has 0 aliphatic carbocycles. The number of phenolic OH excluding ortho intramolecular Hbond substituents is 1. The topological polar surface area (TPSA) is 87.0 Å². The van der Waals surface area contributed by atoms with Gasteiger partial charge in [-0.25, -0.2) is 4.79 Å². The van der Waals surface area contributed by atoms with E-state index in [2.05, 4.69) is 13.8 Å². The number of aromatic hydroxyl groups is 1. The van der Waals surface area contributed by atoms with Gasteiger partial charge in [-0.15, -0.1) is 0 Å². The Hall–Kier alpha value is -3.15. The molecule has 1 unspecified atom stereocenters. The minimum absolute atomic E-state index is 0.307. The smallest absolute Gasteiger partial charge is 0.333 e. The number of carboxylic acid groups (broad SMARTS) is 1. The highest BCUT2D eigenvalue weighted by Gasteiger charge is 2.16. The van der Waals surface area contributed by atoms with E-state index in [1.54, 1.807) is 12.1 Å². The molecular weight excluding hydrogens is 392 g/mol.